The van der Waals surface area contributed by atoms with E-state index in [1.54, 1.807) is 16.4 Å². The Morgan fingerprint density at radius 2 is 1.75 bits per heavy atom. The van der Waals surface area contributed by atoms with Crippen LogP contribution in [0.15, 0.2) is 47.4 Å². The quantitative estimate of drug-likeness (QED) is 0.545. The predicted octanol–water partition coefficient (Wildman–Crippen LogP) is 5.34. The van der Waals surface area contributed by atoms with Gasteiger partial charge in [0.05, 0.1) is 15.1 Å². The standard InChI is InChI=1S/C24H29N3O3S2/c1-15(2)20-6-5-7-21-22(20)25-24(31-21)26-23(28)18-8-10-19(11-9-18)32(29,30)27-13-16(3)12-17(4)14-27/h5-11,15-17H,12-14H2,1-4H3,(H,25,26,28). The Bertz CT molecular complexity index is 1220. The number of piperidine rings is 1. The van der Waals surface area contributed by atoms with Gasteiger partial charge >= 0.3 is 0 Å². The third kappa shape index (κ3) is 4.58. The number of hydrogen-bond donors (Lipinski definition) is 1. The minimum absolute atomic E-state index is 0.219. The number of sulfonamides is 1. The number of aromatic nitrogens is 1. The van der Waals surface area contributed by atoms with E-state index in [9.17, 15) is 13.2 Å². The molecule has 2 atom stereocenters. The van der Waals surface area contributed by atoms with Crippen LogP contribution in [0.2, 0.25) is 0 Å². The number of rotatable bonds is 5. The number of benzene rings is 2. The van der Waals surface area contributed by atoms with Crippen molar-refractivity contribution in [3.05, 3.63) is 53.6 Å². The maximum absolute atomic E-state index is 13.1. The largest absolute Gasteiger partial charge is 0.298 e. The summed E-state index contributed by atoms with van der Waals surface area (Å²) in [6.07, 6.45) is 1.04. The molecule has 0 aliphatic carbocycles. The summed E-state index contributed by atoms with van der Waals surface area (Å²) in [5.74, 6) is 0.705. The van der Waals surface area contributed by atoms with Crippen molar-refractivity contribution in [1.82, 2.24) is 9.29 Å². The molecule has 1 aliphatic heterocycles. The highest BCUT2D eigenvalue weighted by Crippen LogP contribution is 2.32. The molecule has 0 spiro atoms. The molecule has 0 radical (unpaired) electrons. The Morgan fingerprint density at radius 3 is 2.38 bits per heavy atom. The molecule has 1 N–H and O–H groups in total. The molecular formula is C24H29N3O3S2. The smallest absolute Gasteiger partial charge is 0.257 e. The molecule has 6 nitrogen and oxygen atoms in total. The van der Waals surface area contributed by atoms with Gasteiger partial charge in [-0.3, -0.25) is 10.1 Å². The van der Waals surface area contributed by atoms with Crippen molar-refractivity contribution >= 4 is 42.6 Å². The first-order valence-corrected chi connectivity index (χ1v) is 13.2. The molecule has 3 aromatic rings. The van der Waals surface area contributed by atoms with E-state index < -0.39 is 10.0 Å². The van der Waals surface area contributed by atoms with Crippen LogP contribution >= 0.6 is 11.3 Å². The number of carbonyl (C=O) groups is 1. The lowest BCUT2D eigenvalue weighted by Crippen LogP contribution is -2.42. The zero-order valence-electron chi connectivity index (χ0n) is 18.8. The van der Waals surface area contributed by atoms with Crippen LogP contribution in [-0.4, -0.2) is 36.7 Å². The summed E-state index contributed by atoms with van der Waals surface area (Å²) in [5, 5.41) is 3.39. The van der Waals surface area contributed by atoms with Crippen LogP contribution in [0.3, 0.4) is 0 Å². The highest BCUT2D eigenvalue weighted by molar-refractivity contribution is 7.89. The minimum atomic E-state index is -3.57. The van der Waals surface area contributed by atoms with E-state index in [-0.39, 0.29) is 10.8 Å². The first-order valence-electron chi connectivity index (χ1n) is 11.0. The molecule has 1 saturated heterocycles. The first-order chi connectivity index (χ1) is 15.1. The topological polar surface area (TPSA) is 79.4 Å². The number of para-hydroxylation sites is 1. The molecule has 2 aromatic carbocycles. The maximum Gasteiger partial charge on any atom is 0.257 e. The van der Waals surface area contributed by atoms with Gasteiger partial charge in [-0.1, -0.05) is 51.2 Å². The van der Waals surface area contributed by atoms with Crippen LogP contribution in [0.5, 0.6) is 0 Å². The Kier molecular flexibility index (Phi) is 6.38. The molecule has 1 fully saturated rings. The second-order valence-corrected chi connectivity index (χ2v) is 12.1. The third-order valence-electron chi connectivity index (χ3n) is 5.88. The average molecular weight is 472 g/mol. The number of nitrogens with zero attached hydrogens (tertiary/aromatic N) is 2. The van der Waals surface area contributed by atoms with Gasteiger partial charge in [0.2, 0.25) is 10.0 Å². The highest BCUT2D eigenvalue weighted by atomic mass is 32.2. The van der Waals surface area contributed by atoms with Gasteiger partial charge in [-0.2, -0.15) is 4.31 Å². The molecule has 2 unspecified atom stereocenters. The van der Waals surface area contributed by atoms with Gasteiger partial charge < -0.3 is 0 Å². The van der Waals surface area contributed by atoms with E-state index in [4.69, 9.17) is 0 Å². The van der Waals surface area contributed by atoms with Gasteiger partial charge in [0.15, 0.2) is 5.13 Å². The van der Waals surface area contributed by atoms with Gasteiger partial charge in [-0.25, -0.2) is 13.4 Å². The SMILES string of the molecule is CC1CC(C)CN(S(=O)(=O)c2ccc(C(=O)Nc3nc4c(C(C)C)cccc4s3)cc2)C1. The fraction of sp³-hybridized carbons (Fsp3) is 0.417. The van der Waals surface area contributed by atoms with E-state index >= 15 is 0 Å². The summed E-state index contributed by atoms with van der Waals surface area (Å²) in [5.41, 5.74) is 2.46. The summed E-state index contributed by atoms with van der Waals surface area (Å²) >= 11 is 1.43. The Balaban J connectivity index is 1.51. The second-order valence-electron chi connectivity index (χ2n) is 9.11. The monoisotopic (exact) mass is 471 g/mol. The van der Waals surface area contributed by atoms with Gasteiger partial charge in [0, 0.05) is 18.7 Å². The van der Waals surface area contributed by atoms with Crippen molar-refractivity contribution in [3.63, 3.8) is 0 Å². The lowest BCUT2D eigenvalue weighted by molar-refractivity contribution is 0.102. The highest BCUT2D eigenvalue weighted by Gasteiger charge is 2.31. The molecule has 1 aliphatic rings. The summed E-state index contributed by atoms with van der Waals surface area (Å²) in [7, 11) is -3.57. The van der Waals surface area contributed by atoms with Crippen molar-refractivity contribution in [2.24, 2.45) is 11.8 Å². The van der Waals surface area contributed by atoms with Gasteiger partial charge in [-0.05, 0) is 60.1 Å². The summed E-state index contributed by atoms with van der Waals surface area (Å²) < 4.78 is 28.7. The molecule has 8 heteroatoms. The predicted molar refractivity (Wildman–Crippen MR) is 130 cm³/mol. The Hall–Kier alpha value is -2.29. The number of anilines is 1. The van der Waals surface area contributed by atoms with Crippen molar-refractivity contribution in [2.75, 3.05) is 18.4 Å². The number of carbonyl (C=O) groups excluding carboxylic acids is 1. The van der Waals surface area contributed by atoms with Crippen molar-refractivity contribution in [1.29, 1.82) is 0 Å². The van der Waals surface area contributed by atoms with Gasteiger partial charge in [0.25, 0.3) is 5.91 Å². The molecule has 0 bridgehead atoms. The molecular weight excluding hydrogens is 442 g/mol. The van der Waals surface area contributed by atoms with Gasteiger partial charge in [0.1, 0.15) is 0 Å². The molecule has 1 aromatic heterocycles. The molecule has 2 heterocycles. The lowest BCUT2D eigenvalue weighted by atomic mass is 9.94. The zero-order chi connectivity index (χ0) is 23.0. The van der Waals surface area contributed by atoms with Gasteiger partial charge in [-0.15, -0.1) is 0 Å². The average Bonchev–Trinajstić information content (AvgIpc) is 3.15. The molecule has 1 amide bonds. The van der Waals surface area contributed by atoms with Crippen LogP contribution in [0.1, 0.15) is 56.0 Å². The van der Waals surface area contributed by atoms with Crippen LogP contribution in [0.4, 0.5) is 5.13 Å². The van der Waals surface area contributed by atoms with E-state index in [0.29, 0.717) is 41.5 Å². The fourth-order valence-electron chi connectivity index (χ4n) is 4.39. The fourth-order valence-corrected chi connectivity index (χ4v) is 6.96. The van der Waals surface area contributed by atoms with E-state index in [1.807, 2.05) is 12.1 Å². The maximum atomic E-state index is 13.1. The summed E-state index contributed by atoms with van der Waals surface area (Å²) in [6.45, 7) is 9.46. The van der Waals surface area contributed by atoms with E-state index in [1.165, 1.54) is 23.5 Å². The van der Waals surface area contributed by atoms with Crippen LogP contribution in [0, 0.1) is 11.8 Å². The number of thiazole rings is 1. The van der Waals surface area contributed by atoms with Crippen LogP contribution in [0.25, 0.3) is 10.2 Å². The first kappa shape index (κ1) is 22.9. The lowest BCUT2D eigenvalue weighted by Gasteiger charge is -2.34. The number of amides is 1. The number of hydrogen-bond acceptors (Lipinski definition) is 5. The number of fused-ring (bicyclic) bond motifs is 1. The summed E-state index contributed by atoms with van der Waals surface area (Å²) in [6, 6.07) is 12.2. The minimum Gasteiger partial charge on any atom is -0.298 e. The van der Waals surface area contributed by atoms with Crippen LogP contribution in [-0.2, 0) is 10.0 Å². The van der Waals surface area contributed by atoms with Crippen LogP contribution < -0.4 is 5.32 Å². The number of nitrogens with one attached hydrogen (secondary N) is 1. The normalized spacial score (nSPS) is 20.0. The molecule has 0 saturated carbocycles. The summed E-state index contributed by atoms with van der Waals surface area (Å²) in [4.78, 5) is 17.6. The Morgan fingerprint density at radius 1 is 1.09 bits per heavy atom. The van der Waals surface area contributed by atoms with Crippen molar-refractivity contribution in [3.8, 4) is 0 Å². The molecule has 170 valence electrons. The van der Waals surface area contributed by atoms with E-state index in [0.717, 1.165) is 22.2 Å². The zero-order valence-corrected chi connectivity index (χ0v) is 20.5. The van der Waals surface area contributed by atoms with Crippen molar-refractivity contribution < 1.29 is 13.2 Å². The third-order valence-corrected chi connectivity index (χ3v) is 8.66. The molecule has 4 rings (SSSR count). The Labute approximate surface area is 193 Å². The van der Waals surface area contributed by atoms with Crippen molar-refractivity contribution in [2.45, 2.75) is 44.9 Å². The van der Waals surface area contributed by atoms with E-state index in [2.05, 4.69) is 44.1 Å². The molecule has 32 heavy (non-hydrogen) atoms. The second kappa shape index (κ2) is 8.92.